The Labute approximate surface area is 124 Å². The highest BCUT2D eigenvalue weighted by atomic mass is 32.2. The van der Waals surface area contributed by atoms with Crippen molar-refractivity contribution >= 4 is 23.8 Å². The molecule has 0 aromatic rings. The summed E-state index contributed by atoms with van der Waals surface area (Å²) in [6.07, 6.45) is 4.73. The van der Waals surface area contributed by atoms with E-state index in [2.05, 4.69) is 19.9 Å². The number of carbonyl (C=O) groups is 2. The van der Waals surface area contributed by atoms with E-state index in [0.717, 1.165) is 19.3 Å². The molecule has 1 N–H and O–H groups in total. The van der Waals surface area contributed by atoms with Crippen LogP contribution >= 0.6 is 11.8 Å². The van der Waals surface area contributed by atoms with Crippen LogP contribution in [0.4, 0.5) is 4.79 Å². The van der Waals surface area contributed by atoms with E-state index in [-0.39, 0.29) is 11.4 Å². The van der Waals surface area contributed by atoms with E-state index in [0.29, 0.717) is 18.8 Å². The molecular formula is C14H22N2O3S. The van der Waals surface area contributed by atoms with Gasteiger partial charge in [0.1, 0.15) is 6.04 Å². The molecule has 2 atom stereocenters. The first kappa shape index (κ1) is 15.2. The van der Waals surface area contributed by atoms with Gasteiger partial charge in [0.15, 0.2) is 0 Å². The quantitative estimate of drug-likeness (QED) is 0.813. The molecule has 0 aromatic heterocycles. The van der Waals surface area contributed by atoms with E-state index in [1.165, 1.54) is 5.57 Å². The van der Waals surface area contributed by atoms with E-state index in [1.807, 2.05) is 0 Å². The van der Waals surface area contributed by atoms with Crippen LogP contribution in [0, 0.1) is 0 Å². The number of nitrogens with zero attached hydrogens (tertiary/aromatic N) is 2. The Morgan fingerprint density at radius 3 is 2.80 bits per heavy atom. The molecule has 2 heterocycles. The summed E-state index contributed by atoms with van der Waals surface area (Å²) in [5.74, 6) is -0.401. The number of aliphatic carboxylic acids is 1. The van der Waals surface area contributed by atoms with Gasteiger partial charge in [0.05, 0.1) is 5.37 Å². The number of hydrogen-bond donors (Lipinski definition) is 1. The van der Waals surface area contributed by atoms with Crippen molar-refractivity contribution < 1.29 is 14.7 Å². The van der Waals surface area contributed by atoms with Crippen molar-refractivity contribution in [3.05, 3.63) is 11.6 Å². The fourth-order valence-corrected chi connectivity index (χ4v) is 4.10. The second kappa shape index (κ2) is 6.52. The Morgan fingerprint density at radius 2 is 2.25 bits per heavy atom. The zero-order chi connectivity index (χ0) is 14.7. The summed E-state index contributed by atoms with van der Waals surface area (Å²) in [6, 6.07) is -0.805. The van der Waals surface area contributed by atoms with Crippen molar-refractivity contribution in [1.82, 2.24) is 9.80 Å². The summed E-state index contributed by atoms with van der Waals surface area (Å²) in [7, 11) is 0. The second-order valence-electron chi connectivity index (χ2n) is 5.37. The monoisotopic (exact) mass is 298 g/mol. The third kappa shape index (κ3) is 3.11. The third-order valence-corrected chi connectivity index (χ3v) is 5.20. The Kier molecular flexibility index (Phi) is 4.96. The number of rotatable bonds is 3. The van der Waals surface area contributed by atoms with Crippen molar-refractivity contribution in [1.29, 1.82) is 0 Å². The van der Waals surface area contributed by atoms with Crippen LogP contribution in [-0.2, 0) is 4.79 Å². The minimum atomic E-state index is -0.895. The lowest BCUT2D eigenvalue weighted by Crippen LogP contribution is -2.52. The molecule has 6 heteroatoms. The lowest BCUT2D eigenvalue weighted by Gasteiger charge is -2.34. The van der Waals surface area contributed by atoms with Gasteiger partial charge in [0, 0.05) is 18.8 Å². The van der Waals surface area contributed by atoms with Gasteiger partial charge in [0.25, 0.3) is 0 Å². The molecule has 2 aliphatic rings. The van der Waals surface area contributed by atoms with E-state index in [9.17, 15) is 14.7 Å². The molecule has 2 aliphatic heterocycles. The molecular weight excluding hydrogens is 276 g/mol. The van der Waals surface area contributed by atoms with Gasteiger partial charge in [0.2, 0.25) is 0 Å². The van der Waals surface area contributed by atoms with Gasteiger partial charge in [-0.1, -0.05) is 25.0 Å². The van der Waals surface area contributed by atoms with Crippen LogP contribution in [0.25, 0.3) is 0 Å². The molecule has 1 fully saturated rings. The maximum absolute atomic E-state index is 12.7. The topological polar surface area (TPSA) is 60.9 Å². The summed E-state index contributed by atoms with van der Waals surface area (Å²) < 4.78 is 0. The summed E-state index contributed by atoms with van der Waals surface area (Å²) in [5, 5.41) is 9.32. The molecule has 0 aromatic carbocycles. The third-order valence-electron chi connectivity index (χ3n) is 3.84. The van der Waals surface area contributed by atoms with E-state index in [1.54, 1.807) is 21.6 Å². The van der Waals surface area contributed by atoms with Gasteiger partial charge in [-0.3, -0.25) is 4.90 Å². The van der Waals surface area contributed by atoms with Crippen LogP contribution in [-0.4, -0.2) is 57.2 Å². The number of carboxylic acid groups (broad SMARTS) is 1. The number of amides is 2. The standard InChI is InChI=1S/C14H22N2O3S/c1-3-4-12-16(11(9-20-12)13(17)18)14(19)15-7-5-10(2)6-8-15/h5,11-12H,3-4,6-9H2,1-2H3,(H,17,18). The fourth-order valence-electron chi connectivity index (χ4n) is 2.59. The van der Waals surface area contributed by atoms with Crippen molar-refractivity contribution in [2.24, 2.45) is 0 Å². The summed E-state index contributed by atoms with van der Waals surface area (Å²) in [4.78, 5) is 27.4. The van der Waals surface area contributed by atoms with Crippen LogP contribution in [0.5, 0.6) is 0 Å². The first-order chi connectivity index (χ1) is 9.54. The lowest BCUT2D eigenvalue weighted by molar-refractivity contribution is -0.141. The van der Waals surface area contributed by atoms with Crippen LogP contribution < -0.4 is 0 Å². The van der Waals surface area contributed by atoms with E-state index < -0.39 is 12.0 Å². The van der Waals surface area contributed by atoms with Crippen molar-refractivity contribution in [2.75, 3.05) is 18.8 Å². The SMILES string of the molecule is CCCC1SCC(C(=O)O)N1C(=O)N1CC=C(C)CC1. The molecule has 0 radical (unpaired) electrons. The average molecular weight is 298 g/mol. The van der Waals surface area contributed by atoms with E-state index in [4.69, 9.17) is 0 Å². The van der Waals surface area contributed by atoms with Gasteiger partial charge in [-0.15, -0.1) is 11.8 Å². The molecule has 2 amide bonds. The van der Waals surface area contributed by atoms with Crippen LogP contribution in [0.3, 0.4) is 0 Å². The maximum atomic E-state index is 12.7. The lowest BCUT2D eigenvalue weighted by atomic mass is 10.1. The predicted molar refractivity (Wildman–Crippen MR) is 79.8 cm³/mol. The van der Waals surface area contributed by atoms with Crippen LogP contribution in [0.1, 0.15) is 33.1 Å². The predicted octanol–water partition coefficient (Wildman–Crippen LogP) is 2.39. The van der Waals surface area contributed by atoms with E-state index >= 15 is 0 Å². The number of thioether (sulfide) groups is 1. The molecule has 0 spiro atoms. The summed E-state index contributed by atoms with van der Waals surface area (Å²) >= 11 is 1.59. The molecule has 0 bridgehead atoms. The minimum absolute atomic E-state index is 0.000558. The minimum Gasteiger partial charge on any atom is -0.480 e. The van der Waals surface area contributed by atoms with Crippen molar-refractivity contribution in [3.8, 4) is 0 Å². The molecule has 112 valence electrons. The smallest absolute Gasteiger partial charge is 0.327 e. The van der Waals surface area contributed by atoms with Gasteiger partial charge < -0.3 is 10.0 Å². The first-order valence-corrected chi connectivity index (χ1v) is 8.16. The van der Waals surface area contributed by atoms with Gasteiger partial charge in [-0.25, -0.2) is 9.59 Å². The molecule has 1 saturated heterocycles. The highest BCUT2D eigenvalue weighted by molar-refractivity contribution is 8.00. The molecule has 0 aliphatic carbocycles. The Balaban J connectivity index is 2.12. The molecule has 2 rings (SSSR count). The molecule has 0 saturated carbocycles. The number of urea groups is 1. The number of hydrogen-bond acceptors (Lipinski definition) is 3. The van der Waals surface area contributed by atoms with Gasteiger partial charge in [-0.05, 0) is 19.8 Å². The van der Waals surface area contributed by atoms with Crippen LogP contribution in [0.15, 0.2) is 11.6 Å². The normalized spacial score (nSPS) is 26.6. The maximum Gasteiger partial charge on any atom is 0.327 e. The Hall–Kier alpha value is -1.17. The highest BCUT2D eigenvalue weighted by Crippen LogP contribution is 2.33. The Bertz CT molecular complexity index is 425. The highest BCUT2D eigenvalue weighted by Gasteiger charge is 2.42. The van der Waals surface area contributed by atoms with Crippen molar-refractivity contribution in [2.45, 2.75) is 44.5 Å². The fraction of sp³-hybridized carbons (Fsp3) is 0.714. The van der Waals surface area contributed by atoms with Gasteiger partial charge >= 0.3 is 12.0 Å². The summed E-state index contributed by atoms with van der Waals surface area (Å²) in [6.45, 7) is 5.41. The average Bonchev–Trinajstić information content (AvgIpc) is 2.83. The second-order valence-corrected chi connectivity index (χ2v) is 6.58. The Morgan fingerprint density at radius 1 is 1.50 bits per heavy atom. The zero-order valence-corrected chi connectivity index (χ0v) is 12.9. The first-order valence-electron chi connectivity index (χ1n) is 7.12. The molecule has 2 unspecified atom stereocenters. The van der Waals surface area contributed by atoms with Gasteiger partial charge in [-0.2, -0.15) is 0 Å². The molecule has 20 heavy (non-hydrogen) atoms. The summed E-state index contributed by atoms with van der Waals surface area (Å²) in [5.41, 5.74) is 1.30. The van der Waals surface area contributed by atoms with Crippen molar-refractivity contribution in [3.63, 3.8) is 0 Å². The molecule has 5 nitrogen and oxygen atoms in total. The zero-order valence-electron chi connectivity index (χ0n) is 12.0. The van der Waals surface area contributed by atoms with Crippen LogP contribution in [0.2, 0.25) is 0 Å². The number of carboxylic acids is 1. The number of carbonyl (C=O) groups excluding carboxylic acids is 1. The largest absolute Gasteiger partial charge is 0.480 e.